The molecule has 1 aromatic carbocycles. The first-order valence-electron chi connectivity index (χ1n) is 7.05. The largest absolute Gasteiger partial charge is 0.341 e. The quantitative estimate of drug-likeness (QED) is 0.591. The highest BCUT2D eigenvalue weighted by Crippen LogP contribution is 2.25. The number of halogens is 1. The predicted octanol–water partition coefficient (Wildman–Crippen LogP) is 2.03. The number of non-ortho nitro benzene ring substituents is 1. The van der Waals surface area contributed by atoms with Crippen molar-refractivity contribution in [1.82, 2.24) is 4.90 Å². The van der Waals surface area contributed by atoms with Crippen molar-refractivity contribution in [3.8, 4) is 0 Å². The molecule has 1 heterocycles. The monoisotopic (exact) mass is 360 g/mol. The fraction of sp³-hybridized carbons (Fsp3) is 0.500. The van der Waals surface area contributed by atoms with Crippen LogP contribution in [0.25, 0.3) is 0 Å². The SMILES string of the molecule is CN(Cc1cc([N+](=O)[O-])ccc1Cl)C(=O)CC1CCS(=O)(=O)C1. The fourth-order valence-electron chi connectivity index (χ4n) is 2.58. The third kappa shape index (κ3) is 4.65. The summed E-state index contributed by atoms with van der Waals surface area (Å²) in [6.07, 6.45) is 0.655. The van der Waals surface area contributed by atoms with Crippen molar-refractivity contribution >= 4 is 33.0 Å². The van der Waals surface area contributed by atoms with Gasteiger partial charge in [-0.2, -0.15) is 0 Å². The Morgan fingerprint density at radius 2 is 2.17 bits per heavy atom. The maximum Gasteiger partial charge on any atom is 0.269 e. The molecule has 0 N–H and O–H groups in total. The van der Waals surface area contributed by atoms with Crippen molar-refractivity contribution in [2.24, 2.45) is 5.92 Å². The number of nitro groups is 1. The molecule has 1 aromatic rings. The summed E-state index contributed by atoms with van der Waals surface area (Å²) < 4.78 is 22.8. The molecule has 0 aromatic heterocycles. The second-order valence-corrected chi connectivity index (χ2v) is 8.39. The van der Waals surface area contributed by atoms with Gasteiger partial charge in [0.1, 0.15) is 0 Å². The van der Waals surface area contributed by atoms with Crippen LogP contribution in [0.4, 0.5) is 5.69 Å². The Morgan fingerprint density at radius 3 is 2.74 bits per heavy atom. The van der Waals surface area contributed by atoms with Crippen LogP contribution < -0.4 is 0 Å². The number of nitro benzene ring substituents is 1. The normalized spacial score (nSPS) is 19.5. The van der Waals surface area contributed by atoms with Crippen LogP contribution in [-0.4, -0.2) is 42.7 Å². The van der Waals surface area contributed by atoms with Crippen LogP contribution in [0.1, 0.15) is 18.4 Å². The lowest BCUT2D eigenvalue weighted by atomic mass is 10.0. The lowest BCUT2D eigenvalue weighted by Gasteiger charge is -2.19. The lowest BCUT2D eigenvalue weighted by molar-refractivity contribution is -0.384. The van der Waals surface area contributed by atoms with Crippen molar-refractivity contribution in [1.29, 1.82) is 0 Å². The molecule has 1 aliphatic rings. The number of nitrogens with zero attached hydrogens (tertiary/aromatic N) is 2. The molecule has 1 atom stereocenters. The molecule has 1 saturated heterocycles. The van der Waals surface area contributed by atoms with Crippen LogP contribution in [0.2, 0.25) is 5.02 Å². The smallest absolute Gasteiger partial charge is 0.269 e. The van der Waals surface area contributed by atoms with E-state index in [2.05, 4.69) is 0 Å². The molecule has 0 aliphatic carbocycles. The van der Waals surface area contributed by atoms with Crippen LogP contribution in [0.15, 0.2) is 18.2 Å². The van der Waals surface area contributed by atoms with E-state index >= 15 is 0 Å². The number of benzene rings is 1. The number of sulfone groups is 1. The molecule has 0 bridgehead atoms. The highest BCUT2D eigenvalue weighted by molar-refractivity contribution is 7.91. The van der Waals surface area contributed by atoms with Gasteiger partial charge in [-0.1, -0.05) is 11.6 Å². The zero-order valence-electron chi connectivity index (χ0n) is 12.6. The van der Waals surface area contributed by atoms with Crippen molar-refractivity contribution in [3.05, 3.63) is 38.9 Å². The summed E-state index contributed by atoms with van der Waals surface area (Å²) in [6, 6.07) is 4.07. The second-order valence-electron chi connectivity index (χ2n) is 5.76. The maximum atomic E-state index is 12.2. The molecule has 1 unspecified atom stereocenters. The number of carbonyl (C=O) groups is 1. The lowest BCUT2D eigenvalue weighted by Crippen LogP contribution is -2.28. The van der Waals surface area contributed by atoms with Crippen LogP contribution in [0.3, 0.4) is 0 Å². The van der Waals surface area contributed by atoms with Gasteiger partial charge in [0.15, 0.2) is 9.84 Å². The van der Waals surface area contributed by atoms with Gasteiger partial charge < -0.3 is 4.90 Å². The second kappa shape index (κ2) is 6.84. The number of rotatable bonds is 5. The van der Waals surface area contributed by atoms with Gasteiger partial charge in [0.25, 0.3) is 5.69 Å². The molecule has 0 spiro atoms. The first kappa shape index (κ1) is 17.7. The van der Waals surface area contributed by atoms with Crippen molar-refractivity contribution in [2.45, 2.75) is 19.4 Å². The Balaban J connectivity index is 2.01. The molecule has 1 aliphatic heterocycles. The van der Waals surface area contributed by atoms with Crippen LogP contribution in [-0.2, 0) is 21.2 Å². The standard InChI is InChI=1S/C14H17ClN2O5S/c1-16(14(18)6-10-4-5-23(21,22)9-10)8-11-7-12(17(19)20)2-3-13(11)15/h2-3,7,10H,4-6,8-9H2,1H3. The summed E-state index contributed by atoms with van der Waals surface area (Å²) >= 11 is 6.02. The molecular weight excluding hydrogens is 344 g/mol. The highest BCUT2D eigenvalue weighted by Gasteiger charge is 2.30. The van der Waals surface area contributed by atoms with E-state index < -0.39 is 14.8 Å². The van der Waals surface area contributed by atoms with E-state index in [-0.39, 0.29) is 42.0 Å². The van der Waals surface area contributed by atoms with E-state index in [9.17, 15) is 23.3 Å². The van der Waals surface area contributed by atoms with E-state index in [1.54, 1.807) is 7.05 Å². The molecule has 7 nitrogen and oxygen atoms in total. The molecule has 126 valence electrons. The number of amides is 1. The Hall–Kier alpha value is -1.67. The molecular formula is C14H17ClN2O5S. The zero-order valence-corrected chi connectivity index (χ0v) is 14.1. The predicted molar refractivity (Wildman–Crippen MR) is 86.0 cm³/mol. The first-order chi connectivity index (χ1) is 10.7. The zero-order chi connectivity index (χ0) is 17.2. The number of hydrogen-bond donors (Lipinski definition) is 0. The summed E-state index contributed by atoms with van der Waals surface area (Å²) in [5.41, 5.74) is 0.392. The Morgan fingerprint density at radius 1 is 1.48 bits per heavy atom. The molecule has 0 radical (unpaired) electrons. The van der Waals surface area contributed by atoms with E-state index in [1.807, 2.05) is 0 Å². The molecule has 0 saturated carbocycles. The average molecular weight is 361 g/mol. The molecule has 2 rings (SSSR count). The minimum Gasteiger partial charge on any atom is -0.341 e. The summed E-state index contributed by atoms with van der Waals surface area (Å²) in [5.74, 6) is -0.180. The van der Waals surface area contributed by atoms with Crippen molar-refractivity contribution in [3.63, 3.8) is 0 Å². The van der Waals surface area contributed by atoms with Gasteiger partial charge in [-0.15, -0.1) is 0 Å². The van der Waals surface area contributed by atoms with Crippen molar-refractivity contribution in [2.75, 3.05) is 18.6 Å². The Bertz CT molecular complexity index is 735. The van der Waals surface area contributed by atoms with Crippen molar-refractivity contribution < 1.29 is 18.1 Å². The van der Waals surface area contributed by atoms with Gasteiger partial charge in [0, 0.05) is 37.2 Å². The van der Waals surface area contributed by atoms with Crippen LogP contribution >= 0.6 is 11.6 Å². The fourth-order valence-corrected chi connectivity index (χ4v) is 4.61. The minimum atomic E-state index is -3.01. The van der Waals surface area contributed by atoms with E-state index in [4.69, 9.17) is 11.6 Å². The third-order valence-electron chi connectivity index (χ3n) is 3.86. The summed E-state index contributed by atoms with van der Waals surface area (Å²) in [7, 11) is -1.44. The number of hydrogen-bond acceptors (Lipinski definition) is 5. The Kier molecular flexibility index (Phi) is 5.26. The van der Waals surface area contributed by atoms with Gasteiger partial charge >= 0.3 is 0 Å². The van der Waals surface area contributed by atoms with E-state index in [0.717, 1.165) is 0 Å². The molecule has 23 heavy (non-hydrogen) atoms. The first-order valence-corrected chi connectivity index (χ1v) is 9.25. The van der Waals surface area contributed by atoms with Crippen LogP contribution in [0.5, 0.6) is 0 Å². The van der Waals surface area contributed by atoms with Gasteiger partial charge in [0.05, 0.1) is 16.4 Å². The Labute approximate surface area is 139 Å². The summed E-state index contributed by atoms with van der Waals surface area (Å²) in [6.45, 7) is 0.138. The average Bonchev–Trinajstić information content (AvgIpc) is 2.79. The van der Waals surface area contributed by atoms with Gasteiger partial charge in [-0.3, -0.25) is 14.9 Å². The molecule has 9 heteroatoms. The van der Waals surface area contributed by atoms with E-state index in [1.165, 1.54) is 23.1 Å². The van der Waals surface area contributed by atoms with Gasteiger partial charge in [0.2, 0.25) is 5.91 Å². The maximum absolute atomic E-state index is 12.2. The minimum absolute atomic E-state index is 0.0458. The molecule has 1 amide bonds. The van der Waals surface area contributed by atoms with Gasteiger partial charge in [-0.05, 0) is 24.0 Å². The number of carbonyl (C=O) groups excluding carboxylic acids is 1. The van der Waals surface area contributed by atoms with E-state index in [0.29, 0.717) is 17.0 Å². The topological polar surface area (TPSA) is 97.6 Å². The summed E-state index contributed by atoms with van der Waals surface area (Å²) in [5, 5.41) is 11.1. The third-order valence-corrected chi connectivity index (χ3v) is 6.07. The summed E-state index contributed by atoms with van der Waals surface area (Å²) in [4.78, 5) is 23.9. The van der Waals surface area contributed by atoms with Crippen LogP contribution in [0, 0.1) is 16.0 Å². The molecule has 1 fully saturated rings. The highest BCUT2D eigenvalue weighted by atomic mass is 35.5. The van der Waals surface area contributed by atoms with Gasteiger partial charge in [-0.25, -0.2) is 8.42 Å².